The van der Waals surface area contributed by atoms with Crippen molar-refractivity contribution in [3.63, 3.8) is 0 Å². The molecule has 3 nitrogen and oxygen atoms in total. The summed E-state index contributed by atoms with van der Waals surface area (Å²) in [6.45, 7) is 3.67. The lowest BCUT2D eigenvalue weighted by atomic mass is 9.89. The average Bonchev–Trinajstić information content (AvgIpc) is 2.84. The quantitative estimate of drug-likeness (QED) is 0.854. The lowest BCUT2D eigenvalue weighted by Gasteiger charge is -2.23. The van der Waals surface area contributed by atoms with E-state index in [1.54, 1.807) is 0 Å². The highest BCUT2D eigenvalue weighted by atomic mass is 16.1. The first kappa shape index (κ1) is 14.1. The number of nitrogens with two attached hydrogens (primary N) is 1. The van der Waals surface area contributed by atoms with E-state index < -0.39 is 0 Å². The minimum Gasteiger partial charge on any atom is -0.351 e. The zero-order valence-corrected chi connectivity index (χ0v) is 11.7. The fraction of sp³-hybridized carbons (Fsp3) is 0.562. The van der Waals surface area contributed by atoms with Gasteiger partial charge in [-0.2, -0.15) is 0 Å². The molecular weight excluding hydrogens is 236 g/mol. The van der Waals surface area contributed by atoms with Gasteiger partial charge in [-0.25, -0.2) is 0 Å². The fourth-order valence-corrected chi connectivity index (χ4v) is 2.84. The van der Waals surface area contributed by atoms with E-state index in [0.29, 0.717) is 12.0 Å². The molecule has 104 valence electrons. The van der Waals surface area contributed by atoms with Crippen molar-refractivity contribution in [1.82, 2.24) is 5.32 Å². The van der Waals surface area contributed by atoms with E-state index in [0.717, 1.165) is 24.1 Å². The molecule has 3 heteroatoms. The third-order valence-electron chi connectivity index (χ3n) is 4.11. The van der Waals surface area contributed by atoms with Crippen LogP contribution in [0.1, 0.15) is 48.5 Å². The minimum absolute atomic E-state index is 0.0343. The van der Waals surface area contributed by atoms with Crippen molar-refractivity contribution in [2.45, 2.75) is 39.0 Å². The van der Waals surface area contributed by atoms with E-state index in [1.165, 1.54) is 25.7 Å². The van der Waals surface area contributed by atoms with Gasteiger partial charge in [0.2, 0.25) is 0 Å². The Morgan fingerprint density at radius 1 is 1.37 bits per heavy atom. The van der Waals surface area contributed by atoms with Crippen LogP contribution in [-0.4, -0.2) is 19.0 Å². The summed E-state index contributed by atoms with van der Waals surface area (Å²) < 4.78 is 0. The molecule has 1 aliphatic rings. The van der Waals surface area contributed by atoms with E-state index >= 15 is 0 Å². The van der Waals surface area contributed by atoms with Gasteiger partial charge in [0.15, 0.2) is 0 Å². The smallest absolute Gasteiger partial charge is 0.251 e. The molecule has 1 saturated carbocycles. The number of rotatable bonds is 5. The first-order chi connectivity index (χ1) is 9.13. The summed E-state index contributed by atoms with van der Waals surface area (Å²) >= 11 is 0. The number of nitrogens with one attached hydrogen (secondary N) is 1. The van der Waals surface area contributed by atoms with E-state index in [4.69, 9.17) is 5.73 Å². The topological polar surface area (TPSA) is 55.1 Å². The summed E-state index contributed by atoms with van der Waals surface area (Å²) in [7, 11) is 0. The summed E-state index contributed by atoms with van der Waals surface area (Å²) in [5.41, 5.74) is 7.71. The Kier molecular flexibility index (Phi) is 4.59. The highest BCUT2D eigenvalue weighted by Crippen LogP contribution is 2.36. The summed E-state index contributed by atoms with van der Waals surface area (Å²) in [6.07, 6.45) is 5.84. The normalized spacial score (nSPS) is 17.4. The Hall–Kier alpha value is -1.35. The third kappa shape index (κ3) is 3.80. The fourth-order valence-electron chi connectivity index (χ4n) is 2.84. The Morgan fingerprint density at radius 2 is 2.11 bits per heavy atom. The number of benzene rings is 1. The van der Waals surface area contributed by atoms with Crippen LogP contribution in [0.2, 0.25) is 0 Å². The van der Waals surface area contributed by atoms with Crippen LogP contribution in [-0.2, 0) is 6.42 Å². The maximum Gasteiger partial charge on any atom is 0.251 e. The lowest BCUT2D eigenvalue weighted by molar-refractivity contribution is 0.0934. The molecule has 0 aromatic heterocycles. The molecule has 19 heavy (non-hydrogen) atoms. The van der Waals surface area contributed by atoms with Gasteiger partial charge < -0.3 is 11.1 Å². The van der Waals surface area contributed by atoms with Crippen molar-refractivity contribution in [3.05, 3.63) is 35.4 Å². The Bertz CT molecular complexity index is 436. The van der Waals surface area contributed by atoms with Crippen molar-refractivity contribution in [2.75, 3.05) is 13.1 Å². The molecule has 1 aromatic rings. The van der Waals surface area contributed by atoms with Crippen LogP contribution < -0.4 is 11.1 Å². The zero-order chi connectivity index (χ0) is 13.7. The van der Waals surface area contributed by atoms with Crippen molar-refractivity contribution in [2.24, 2.45) is 11.1 Å². The Morgan fingerprint density at radius 3 is 2.79 bits per heavy atom. The second-order valence-corrected chi connectivity index (χ2v) is 5.94. The van der Waals surface area contributed by atoms with E-state index in [9.17, 15) is 4.79 Å². The zero-order valence-electron chi connectivity index (χ0n) is 11.7. The van der Waals surface area contributed by atoms with Crippen LogP contribution in [0.25, 0.3) is 0 Å². The number of hydrogen-bond donors (Lipinski definition) is 2. The maximum absolute atomic E-state index is 12.2. The number of carbonyl (C=O) groups excluding carboxylic acids is 1. The molecule has 2 rings (SSSR count). The molecule has 1 fully saturated rings. The molecule has 0 heterocycles. The Labute approximate surface area is 115 Å². The Balaban J connectivity index is 1.93. The second-order valence-electron chi connectivity index (χ2n) is 5.94. The monoisotopic (exact) mass is 260 g/mol. The molecular formula is C16H24N2O. The molecule has 1 aliphatic carbocycles. The maximum atomic E-state index is 12.2. The van der Waals surface area contributed by atoms with Crippen LogP contribution in [0, 0.1) is 5.41 Å². The van der Waals surface area contributed by atoms with Gasteiger partial charge in [-0.1, -0.05) is 31.9 Å². The first-order valence-corrected chi connectivity index (χ1v) is 7.20. The van der Waals surface area contributed by atoms with E-state index in [-0.39, 0.29) is 5.91 Å². The van der Waals surface area contributed by atoms with Crippen molar-refractivity contribution < 1.29 is 4.79 Å². The summed E-state index contributed by atoms with van der Waals surface area (Å²) in [5, 5.41) is 3.08. The minimum atomic E-state index is 0.0343. The van der Waals surface area contributed by atoms with Gasteiger partial charge in [0.05, 0.1) is 0 Å². The van der Waals surface area contributed by atoms with Gasteiger partial charge in [-0.05, 0) is 48.9 Å². The van der Waals surface area contributed by atoms with Crippen LogP contribution in [0.15, 0.2) is 24.3 Å². The van der Waals surface area contributed by atoms with E-state index in [1.807, 2.05) is 24.3 Å². The lowest BCUT2D eigenvalue weighted by Crippen LogP contribution is -2.34. The SMILES string of the molecule is CC1(CNC(=O)c2cccc(CCN)c2)CCCC1. The van der Waals surface area contributed by atoms with Crippen LogP contribution in [0.4, 0.5) is 0 Å². The van der Waals surface area contributed by atoms with Crippen molar-refractivity contribution >= 4 is 5.91 Å². The van der Waals surface area contributed by atoms with Gasteiger partial charge in [-0.3, -0.25) is 4.79 Å². The standard InChI is InChI=1S/C16H24N2O/c1-16(8-2-3-9-16)12-18-15(19)14-6-4-5-13(11-14)7-10-17/h4-6,11H,2-3,7-10,12,17H2,1H3,(H,18,19). The van der Waals surface area contributed by atoms with E-state index in [2.05, 4.69) is 12.2 Å². The van der Waals surface area contributed by atoms with Gasteiger partial charge >= 0.3 is 0 Å². The molecule has 1 amide bonds. The largest absolute Gasteiger partial charge is 0.351 e. The predicted octanol–water partition coefficient (Wildman–Crippen LogP) is 2.50. The first-order valence-electron chi connectivity index (χ1n) is 7.20. The van der Waals surface area contributed by atoms with Gasteiger partial charge in [0, 0.05) is 12.1 Å². The molecule has 0 radical (unpaired) electrons. The summed E-state index contributed by atoms with van der Waals surface area (Å²) in [6, 6.07) is 7.75. The highest BCUT2D eigenvalue weighted by molar-refractivity contribution is 5.94. The molecule has 0 aliphatic heterocycles. The van der Waals surface area contributed by atoms with Gasteiger partial charge in [0.25, 0.3) is 5.91 Å². The van der Waals surface area contributed by atoms with Gasteiger partial charge in [-0.15, -0.1) is 0 Å². The molecule has 0 atom stereocenters. The van der Waals surface area contributed by atoms with Crippen LogP contribution in [0.3, 0.4) is 0 Å². The molecule has 0 unspecified atom stereocenters. The second kappa shape index (κ2) is 6.20. The van der Waals surface area contributed by atoms with Crippen LogP contribution >= 0.6 is 0 Å². The summed E-state index contributed by atoms with van der Waals surface area (Å²) in [4.78, 5) is 12.2. The number of amides is 1. The van der Waals surface area contributed by atoms with Crippen molar-refractivity contribution in [3.8, 4) is 0 Å². The molecule has 0 saturated heterocycles. The predicted molar refractivity (Wildman–Crippen MR) is 78.1 cm³/mol. The molecule has 0 bridgehead atoms. The summed E-state index contributed by atoms with van der Waals surface area (Å²) in [5.74, 6) is 0.0343. The molecule has 0 spiro atoms. The van der Waals surface area contributed by atoms with Crippen LogP contribution in [0.5, 0.6) is 0 Å². The van der Waals surface area contributed by atoms with Crippen molar-refractivity contribution in [1.29, 1.82) is 0 Å². The molecule has 3 N–H and O–H groups in total. The number of hydrogen-bond acceptors (Lipinski definition) is 2. The van der Waals surface area contributed by atoms with Gasteiger partial charge in [0.1, 0.15) is 0 Å². The number of carbonyl (C=O) groups is 1. The third-order valence-corrected chi connectivity index (χ3v) is 4.11. The average molecular weight is 260 g/mol. The highest BCUT2D eigenvalue weighted by Gasteiger charge is 2.28. The molecule has 1 aromatic carbocycles.